The summed E-state index contributed by atoms with van der Waals surface area (Å²) >= 11 is 0. The first-order valence-corrected chi connectivity index (χ1v) is 8.00. The Balaban J connectivity index is 1.85. The number of benzene rings is 1. The number of hydrogen-bond donors (Lipinski definition) is 2. The highest BCUT2D eigenvalue weighted by Crippen LogP contribution is 2.21. The number of aromatic amines is 2. The molecule has 2 heterocycles. The highest BCUT2D eigenvalue weighted by Gasteiger charge is 2.19. The van der Waals surface area contributed by atoms with E-state index in [0.717, 1.165) is 42.5 Å². The van der Waals surface area contributed by atoms with Gasteiger partial charge in [-0.1, -0.05) is 17.7 Å². The van der Waals surface area contributed by atoms with E-state index in [1.54, 1.807) is 0 Å². The Morgan fingerprint density at radius 2 is 1.79 bits per heavy atom. The van der Waals surface area contributed by atoms with E-state index in [0.29, 0.717) is 11.3 Å². The standard InChI is InChI=1S/C17H17N5O2/c1-10-6-8-11(9-7-10)19-20-14-15-18-13-5-3-2-4-12(13)17(24)22(15)21-16(14)23/h6-9,18H,2-5H2,1H3,(H,21,23). The minimum atomic E-state index is -0.429. The lowest BCUT2D eigenvalue weighted by Crippen LogP contribution is -2.25. The molecule has 2 N–H and O–H groups in total. The summed E-state index contributed by atoms with van der Waals surface area (Å²) in [6, 6.07) is 7.51. The van der Waals surface area contributed by atoms with Crippen molar-refractivity contribution in [2.75, 3.05) is 0 Å². The number of aromatic nitrogens is 3. The fourth-order valence-electron chi connectivity index (χ4n) is 3.06. The van der Waals surface area contributed by atoms with Gasteiger partial charge in [-0.15, -0.1) is 5.11 Å². The molecule has 0 radical (unpaired) electrons. The first-order chi connectivity index (χ1) is 11.6. The second-order valence-electron chi connectivity index (χ2n) is 6.10. The van der Waals surface area contributed by atoms with Crippen LogP contribution in [0.3, 0.4) is 0 Å². The summed E-state index contributed by atoms with van der Waals surface area (Å²) in [5.74, 6) is 0. The first-order valence-electron chi connectivity index (χ1n) is 8.00. The minimum absolute atomic E-state index is 0.126. The van der Waals surface area contributed by atoms with Gasteiger partial charge in [-0.05, 0) is 44.7 Å². The van der Waals surface area contributed by atoms with Crippen molar-refractivity contribution < 1.29 is 0 Å². The Labute approximate surface area is 137 Å². The molecule has 2 aromatic heterocycles. The van der Waals surface area contributed by atoms with E-state index in [2.05, 4.69) is 20.3 Å². The van der Waals surface area contributed by atoms with Crippen LogP contribution in [-0.2, 0) is 12.8 Å². The zero-order chi connectivity index (χ0) is 16.7. The molecule has 7 heteroatoms. The van der Waals surface area contributed by atoms with Crippen LogP contribution in [0.25, 0.3) is 5.65 Å². The van der Waals surface area contributed by atoms with Crippen LogP contribution in [0.2, 0.25) is 0 Å². The molecular formula is C17H17N5O2. The van der Waals surface area contributed by atoms with Crippen LogP contribution in [-0.4, -0.2) is 14.6 Å². The predicted molar refractivity (Wildman–Crippen MR) is 90.6 cm³/mol. The maximum absolute atomic E-state index is 12.6. The van der Waals surface area contributed by atoms with Gasteiger partial charge in [0.1, 0.15) is 0 Å². The Kier molecular flexibility index (Phi) is 3.41. The minimum Gasteiger partial charge on any atom is -0.341 e. The molecule has 7 nitrogen and oxygen atoms in total. The summed E-state index contributed by atoms with van der Waals surface area (Å²) in [4.78, 5) is 27.9. The van der Waals surface area contributed by atoms with E-state index in [-0.39, 0.29) is 11.2 Å². The number of fused-ring (bicyclic) bond motifs is 2. The molecule has 0 saturated carbocycles. The molecule has 1 aliphatic carbocycles. The SMILES string of the molecule is Cc1ccc(N=Nc2c(=O)[nH]n3c(=O)c4c([nH]c23)CCCC4)cc1. The van der Waals surface area contributed by atoms with Crippen LogP contribution >= 0.6 is 0 Å². The number of H-pyrrole nitrogens is 2. The molecule has 0 unspecified atom stereocenters. The number of rotatable bonds is 2. The number of nitrogens with zero attached hydrogens (tertiary/aromatic N) is 3. The molecule has 24 heavy (non-hydrogen) atoms. The second-order valence-corrected chi connectivity index (χ2v) is 6.10. The van der Waals surface area contributed by atoms with Crippen molar-refractivity contribution in [2.24, 2.45) is 10.2 Å². The summed E-state index contributed by atoms with van der Waals surface area (Å²) in [6.45, 7) is 1.99. The molecule has 0 aliphatic heterocycles. The van der Waals surface area contributed by atoms with Crippen LogP contribution in [0.15, 0.2) is 44.1 Å². The normalized spacial score (nSPS) is 14.4. The smallest absolute Gasteiger partial charge is 0.294 e. The number of aryl methyl sites for hydroxylation is 2. The van der Waals surface area contributed by atoms with Crippen molar-refractivity contribution in [1.82, 2.24) is 14.6 Å². The molecule has 4 rings (SSSR count). The average molecular weight is 323 g/mol. The second kappa shape index (κ2) is 5.59. The van der Waals surface area contributed by atoms with Gasteiger partial charge in [-0.2, -0.15) is 9.63 Å². The molecule has 0 amide bonds. The Hall–Kier alpha value is -2.96. The van der Waals surface area contributed by atoms with Crippen molar-refractivity contribution in [1.29, 1.82) is 0 Å². The van der Waals surface area contributed by atoms with Gasteiger partial charge in [-0.25, -0.2) is 0 Å². The fourth-order valence-corrected chi connectivity index (χ4v) is 3.06. The van der Waals surface area contributed by atoms with Crippen LogP contribution in [0.1, 0.15) is 29.7 Å². The maximum atomic E-state index is 12.6. The van der Waals surface area contributed by atoms with Crippen LogP contribution in [0, 0.1) is 6.92 Å². The van der Waals surface area contributed by atoms with Crippen molar-refractivity contribution in [3.8, 4) is 0 Å². The lowest BCUT2D eigenvalue weighted by atomic mass is 9.97. The Morgan fingerprint density at radius 3 is 2.58 bits per heavy atom. The third-order valence-electron chi connectivity index (χ3n) is 4.37. The van der Waals surface area contributed by atoms with Gasteiger partial charge in [-0.3, -0.25) is 14.7 Å². The molecule has 1 aliphatic rings. The van der Waals surface area contributed by atoms with E-state index in [1.807, 2.05) is 31.2 Å². The molecule has 0 saturated heterocycles. The largest absolute Gasteiger partial charge is 0.341 e. The van der Waals surface area contributed by atoms with Crippen LogP contribution in [0.4, 0.5) is 11.4 Å². The van der Waals surface area contributed by atoms with Crippen LogP contribution < -0.4 is 11.1 Å². The van der Waals surface area contributed by atoms with Gasteiger partial charge < -0.3 is 4.98 Å². The maximum Gasteiger partial charge on any atom is 0.294 e. The zero-order valence-corrected chi connectivity index (χ0v) is 13.3. The topological polar surface area (TPSA) is 94.8 Å². The summed E-state index contributed by atoms with van der Waals surface area (Å²) < 4.78 is 1.25. The van der Waals surface area contributed by atoms with Gasteiger partial charge >= 0.3 is 0 Å². The van der Waals surface area contributed by atoms with Crippen LogP contribution in [0.5, 0.6) is 0 Å². The molecule has 3 aromatic rings. The van der Waals surface area contributed by atoms with Crippen molar-refractivity contribution >= 4 is 17.0 Å². The molecule has 1 aromatic carbocycles. The molecule has 0 bridgehead atoms. The Morgan fingerprint density at radius 1 is 1.04 bits per heavy atom. The zero-order valence-electron chi connectivity index (χ0n) is 13.3. The molecular weight excluding hydrogens is 306 g/mol. The predicted octanol–water partition coefficient (Wildman–Crippen LogP) is 2.92. The lowest BCUT2D eigenvalue weighted by molar-refractivity contribution is 0.651. The number of azo groups is 1. The van der Waals surface area contributed by atoms with E-state index in [1.165, 1.54) is 4.52 Å². The van der Waals surface area contributed by atoms with E-state index < -0.39 is 5.56 Å². The van der Waals surface area contributed by atoms with Crippen molar-refractivity contribution in [3.63, 3.8) is 0 Å². The third kappa shape index (κ3) is 2.38. The summed E-state index contributed by atoms with van der Waals surface area (Å²) in [6.07, 6.45) is 3.58. The highest BCUT2D eigenvalue weighted by atomic mass is 16.1. The summed E-state index contributed by atoms with van der Waals surface area (Å²) in [7, 11) is 0. The molecule has 0 fully saturated rings. The Bertz CT molecular complexity index is 1050. The van der Waals surface area contributed by atoms with Gasteiger partial charge in [0, 0.05) is 11.3 Å². The number of hydrogen-bond acceptors (Lipinski definition) is 4. The molecule has 0 spiro atoms. The van der Waals surface area contributed by atoms with E-state index >= 15 is 0 Å². The van der Waals surface area contributed by atoms with Crippen molar-refractivity contribution in [3.05, 3.63) is 61.8 Å². The lowest BCUT2D eigenvalue weighted by Gasteiger charge is -2.14. The van der Waals surface area contributed by atoms with Gasteiger partial charge in [0.05, 0.1) is 5.69 Å². The summed E-state index contributed by atoms with van der Waals surface area (Å²) in [5, 5.41) is 10.7. The molecule has 0 atom stereocenters. The third-order valence-corrected chi connectivity index (χ3v) is 4.37. The van der Waals surface area contributed by atoms with E-state index in [4.69, 9.17) is 0 Å². The van der Waals surface area contributed by atoms with Gasteiger partial charge in [0.25, 0.3) is 11.1 Å². The van der Waals surface area contributed by atoms with E-state index in [9.17, 15) is 9.59 Å². The fraction of sp³-hybridized carbons (Fsp3) is 0.294. The quantitative estimate of drug-likeness (QED) is 0.709. The highest BCUT2D eigenvalue weighted by molar-refractivity contribution is 5.63. The van der Waals surface area contributed by atoms with Crippen molar-refractivity contribution in [2.45, 2.75) is 32.6 Å². The monoisotopic (exact) mass is 323 g/mol. The average Bonchev–Trinajstić information content (AvgIpc) is 2.91. The first kappa shape index (κ1) is 14.6. The molecule has 122 valence electrons. The van der Waals surface area contributed by atoms with Gasteiger partial charge in [0.2, 0.25) is 0 Å². The summed E-state index contributed by atoms with van der Waals surface area (Å²) in [5.41, 5.74) is 3.33. The van der Waals surface area contributed by atoms with Gasteiger partial charge in [0.15, 0.2) is 11.3 Å². The number of nitrogens with one attached hydrogen (secondary N) is 2.